The van der Waals surface area contributed by atoms with Gasteiger partial charge in [0, 0.05) is 17.8 Å². The van der Waals surface area contributed by atoms with Gasteiger partial charge >= 0.3 is 0 Å². The summed E-state index contributed by atoms with van der Waals surface area (Å²) in [6.07, 6.45) is 2.48. The summed E-state index contributed by atoms with van der Waals surface area (Å²) in [6, 6.07) is 0. The van der Waals surface area contributed by atoms with E-state index in [-0.39, 0.29) is 17.1 Å². The highest BCUT2D eigenvalue weighted by Gasteiger charge is 2.59. The number of Topliss-reactive ketones (excluding diaryl/α,β-unsaturated/α-hetero) is 2. The summed E-state index contributed by atoms with van der Waals surface area (Å²) in [5, 5.41) is 0. The molecule has 0 aromatic carbocycles. The molecule has 0 saturated heterocycles. The van der Waals surface area contributed by atoms with Crippen molar-refractivity contribution in [3.63, 3.8) is 0 Å². The van der Waals surface area contributed by atoms with E-state index in [1.807, 2.05) is 6.92 Å². The van der Waals surface area contributed by atoms with E-state index in [2.05, 4.69) is 0 Å². The summed E-state index contributed by atoms with van der Waals surface area (Å²) in [5.41, 5.74) is -0.0219. The van der Waals surface area contributed by atoms with Crippen LogP contribution >= 0.6 is 0 Å². The largest absolute Gasteiger partial charge is 0.300 e. The van der Waals surface area contributed by atoms with Crippen molar-refractivity contribution in [3.05, 3.63) is 0 Å². The number of fused-ring (bicyclic) bond motifs is 1. The van der Waals surface area contributed by atoms with Crippen molar-refractivity contribution in [2.45, 2.75) is 33.1 Å². The van der Waals surface area contributed by atoms with Gasteiger partial charge in [0.2, 0.25) is 0 Å². The summed E-state index contributed by atoms with van der Waals surface area (Å²) in [4.78, 5) is 22.6. The molecule has 2 aliphatic carbocycles. The zero-order valence-corrected chi connectivity index (χ0v) is 7.59. The molecule has 2 nitrogen and oxygen atoms in total. The summed E-state index contributed by atoms with van der Waals surface area (Å²) >= 11 is 0. The number of carbonyl (C=O) groups is 2. The minimum Gasteiger partial charge on any atom is -0.300 e. The van der Waals surface area contributed by atoms with E-state index >= 15 is 0 Å². The molecule has 0 aromatic rings. The van der Waals surface area contributed by atoms with E-state index in [1.54, 1.807) is 6.92 Å². The normalized spacial score (nSPS) is 45.3. The van der Waals surface area contributed by atoms with Gasteiger partial charge in [0.1, 0.15) is 11.6 Å². The first-order chi connectivity index (χ1) is 5.54. The van der Waals surface area contributed by atoms with Crippen LogP contribution in [0.15, 0.2) is 0 Å². The Bertz CT molecular complexity index is 257. The van der Waals surface area contributed by atoms with Crippen LogP contribution in [0.5, 0.6) is 0 Å². The van der Waals surface area contributed by atoms with Crippen LogP contribution in [-0.4, -0.2) is 11.6 Å². The van der Waals surface area contributed by atoms with Gasteiger partial charge < -0.3 is 0 Å². The second-order valence-corrected chi connectivity index (χ2v) is 4.49. The first-order valence-corrected chi connectivity index (χ1v) is 4.58. The fraction of sp³-hybridized carbons (Fsp3) is 0.800. The molecule has 0 radical (unpaired) electrons. The average molecular weight is 166 g/mol. The fourth-order valence-corrected chi connectivity index (χ4v) is 2.33. The number of rotatable bonds is 1. The molecular weight excluding hydrogens is 152 g/mol. The topological polar surface area (TPSA) is 34.1 Å². The highest BCUT2D eigenvalue weighted by atomic mass is 16.1. The molecule has 12 heavy (non-hydrogen) atoms. The second kappa shape index (κ2) is 2.18. The summed E-state index contributed by atoms with van der Waals surface area (Å²) in [5.74, 6) is 1.07. The molecule has 0 aliphatic heterocycles. The van der Waals surface area contributed by atoms with Crippen LogP contribution in [0.4, 0.5) is 0 Å². The van der Waals surface area contributed by atoms with Crippen molar-refractivity contribution >= 4 is 11.6 Å². The molecular formula is C10H14O2. The van der Waals surface area contributed by atoms with Gasteiger partial charge in [-0.3, -0.25) is 9.59 Å². The van der Waals surface area contributed by atoms with Gasteiger partial charge in [0.15, 0.2) is 0 Å². The van der Waals surface area contributed by atoms with Gasteiger partial charge in [-0.25, -0.2) is 0 Å². The standard InChI is InChI=1S/C10H14O2/c1-6(11)7-3-8-5-10(8,2)9(12)4-7/h7-8H,3-5H2,1-2H3/t7-,8-,10+/m1/s1. The molecule has 0 spiro atoms. The third kappa shape index (κ3) is 0.936. The van der Waals surface area contributed by atoms with E-state index < -0.39 is 0 Å². The zero-order valence-electron chi connectivity index (χ0n) is 7.59. The van der Waals surface area contributed by atoms with Crippen molar-refractivity contribution in [1.29, 1.82) is 0 Å². The molecule has 0 amide bonds. The zero-order chi connectivity index (χ0) is 8.93. The van der Waals surface area contributed by atoms with Gasteiger partial charge in [-0.15, -0.1) is 0 Å². The Morgan fingerprint density at radius 1 is 1.58 bits per heavy atom. The minimum absolute atomic E-state index is 0.0219. The van der Waals surface area contributed by atoms with Crippen LogP contribution in [0.1, 0.15) is 33.1 Å². The van der Waals surface area contributed by atoms with Crippen LogP contribution < -0.4 is 0 Å². The summed E-state index contributed by atoms with van der Waals surface area (Å²) < 4.78 is 0. The Morgan fingerprint density at radius 3 is 2.75 bits per heavy atom. The first-order valence-electron chi connectivity index (χ1n) is 4.58. The van der Waals surface area contributed by atoms with E-state index in [9.17, 15) is 9.59 Å². The molecule has 0 N–H and O–H groups in total. The van der Waals surface area contributed by atoms with Crippen molar-refractivity contribution in [2.75, 3.05) is 0 Å². The number of ketones is 2. The van der Waals surface area contributed by atoms with Crippen LogP contribution in [0, 0.1) is 17.3 Å². The monoisotopic (exact) mass is 166 g/mol. The average Bonchev–Trinajstić information content (AvgIpc) is 2.62. The second-order valence-electron chi connectivity index (χ2n) is 4.49. The van der Waals surface area contributed by atoms with Gasteiger partial charge in [0.05, 0.1) is 0 Å². The van der Waals surface area contributed by atoms with Gasteiger partial charge in [0.25, 0.3) is 0 Å². The number of hydrogen-bond donors (Lipinski definition) is 0. The molecule has 0 heterocycles. The Morgan fingerprint density at radius 2 is 2.25 bits per heavy atom. The Labute approximate surface area is 72.3 Å². The van der Waals surface area contributed by atoms with Crippen molar-refractivity contribution in [1.82, 2.24) is 0 Å². The van der Waals surface area contributed by atoms with Crippen molar-refractivity contribution in [2.24, 2.45) is 17.3 Å². The molecule has 3 atom stereocenters. The van der Waals surface area contributed by atoms with Crippen LogP contribution in [-0.2, 0) is 9.59 Å². The van der Waals surface area contributed by atoms with Gasteiger partial charge in [-0.2, -0.15) is 0 Å². The fourth-order valence-electron chi connectivity index (χ4n) is 2.33. The molecule has 2 rings (SSSR count). The van der Waals surface area contributed by atoms with Crippen molar-refractivity contribution < 1.29 is 9.59 Å². The quantitative estimate of drug-likeness (QED) is 0.592. The maximum absolute atomic E-state index is 11.5. The van der Waals surface area contributed by atoms with Crippen LogP contribution in [0.25, 0.3) is 0 Å². The highest BCUT2D eigenvalue weighted by molar-refractivity contribution is 5.93. The lowest BCUT2D eigenvalue weighted by atomic mass is 9.80. The molecule has 2 aliphatic rings. The molecule has 0 aromatic heterocycles. The molecule has 2 saturated carbocycles. The lowest BCUT2D eigenvalue weighted by Crippen LogP contribution is -2.28. The number of carbonyl (C=O) groups excluding carboxylic acids is 2. The predicted octanol–water partition coefficient (Wildman–Crippen LogP) is 1.58. The lowest BCUT2D eigenvalue weighted by molar-refractivity contribution is -0.132. The molecule has 0 unspecified atom stereocenters. The van der Waals surface area contributed by atoms with E-state index in [1.165, 1.54) is 0 Å². The summed E-state index contributed by atoms with van der Waals surface area (Å²) in [6.45, 7) is 3.64. The molecule has 2 heteroatoms. The number of hydrogen-bond acceptors (Lipinski definition) is 2. The van der Waals surface area contributed by atoms with E-state index in [0.717, 1.165) is 12.8 Å². The maximum Gasteiger partial charge on any atom is 0.139 e. The maximum atomic E-state index is 11.5. The third-order valence-corrected chi connectivity index (χ3v) is 3.62. The van der Waals surface area contributed by atoms with Crippen LogP contribution in [0.3, 0.4) is 0 Å². The third-order valence-electron chi connectivity index (χ3n) is 3.62. The van der Waals surface area contributed by atoms with Crippen molar-refractivity contribution in [3.8, 4) is 0 Å². The lowest BCUT2D eigenvalue weighted by Gasteiger charge is -2.22. The highest BCUT2D eigenvalue weighted by Crippen LogP contribution is 2.60. The van der Waals surface area contributed by atoms with E-state index in [0.29, 0.717) is 18.1 Å². The van der Waals surface area contributed by atoms with E-state index in [4.69, 9.17) is 0 Å². The molecule has 2 fully saturated rings. The predicted molar refractivity (Wildman–Crippen MR) is 44.6 cm³/mol. The van der Waals surface area contributed by atoms with Gasteiger partial charge in [-0.1, -0.05) is 6.92 Å². The first kappa shape index (κ1) is 7.96. The Hall–Kier alpha value is -0.660. The Balaban J connectivity index is 2.12. The SMILES string of the molecule is CC(=O)[C@H]1CC(=O)[C@@]2(C)C[C@H]2C1. The Kier molecular flexibility index (Phi) is 1.45. The molecule has 0 bridgehead atoms. The van der Waals surface area contributed by atoms with Gasteiger partial charge in [-0.05, 0) is 25.7 Å². The van der Waals surface area contributed by atoms with Crippen LogP contribution in [0.2, 0.25) is 0 Å². The molecule has 66 valence electrons. The minimum atomic E-state index is -0.0219. The summed E-state index contributed by atoms with van der Waals surface area (Å²) in [7, 11) is 0. The smallest absolute Gasteiger partial charge is 0.139 e.